The molecule has 0 aliphatic carbocycles. The lowest BCUT2D eigenvalue weighted by atomic mass is 9.76. The number of carboxylic acid groups (broad SMARTS) is 1. The minimum atomic E-state index is -5.08. The lowest BCUT2D eigenvalue weighted by Crippen LogP contribution is -2.60. The molecule has 4 amide bonds. The predicted molar refractivity (Wildman–Crippen MR) is 151 cm³/mol. The molecule has 0 bridgehead atoms. The molecule has 0 radical (unpaired) electrons. The Morgan fingerprint density at radius 2 is 1.55 bits per heavy atom. The number of ether oxygens (including phenoxy) is 1. The quantitative estimate of drug-likeness (QED) is 0.302. The Bertz CT molecular complexity index is 1360. The van der Waals surface area contributed by atoms with Gasteiger partial charge in [-0.2, -0.15) is 13.2 Å². The zero-order valence-corrected chi connectivity index (χ0v) is 24.6. The summed E-state index contributed by atoms with van der Waals surface area (Å²) < 4.78 is 37.0. The number of nitrogens with zero attached hydrogens (tertiary/aromatic N) is 2. The second-order valence-corrected chi connectivity index (χ2v) is 10.9. The Kier molecular flexibility index (Phi) is 10.7. The van der Waals surface area contributed by atoms with Gasteiger partial charge in [0, 0.05) is 32.1 Å². The first-order valence-corrected chi connectivity index (χ1v) is 13.7. The van der Waals surface area contributed by atoms with Gasteiger partial charge in [0.25, 0.3) is 0 Å². The van der Waals surface area contributed by atoms with Crippen molar-refractivity contribution in [2.75, 3.05) is 20.7 Å². The van der Waals surface area contributed by atoms with E-state index < -0.39 is 47.4 Å². The van der Waals surface area contributed by atoms with Gasteiger partial charge in [0.15, 0.2) is 0 Å². The van der Waals surface area contributed by atoms with Crippen LogP contribution in [0.15, 0.2) is 60.7 Å². The molecule has 11 nitrogen and oxygen atoms in total. The third-order valence-electron chi connectivity index (χ3n) is 7.38. The zero-order valence-electron chi connectivity index (χ0n) is 24.6. The van der Waals surface area contributed by atoms with E-state index in [2.05, 4.69) is 10.6 Å². The summed E-state index contributed by atoms with van der Waals surface area (Å²) in [7, 11) is 2.91. The van der Waals surface area contributed by atoms with Crippen LogP contribution in [0.5, 0.6) is 0 Å². The van der Waals surface area contributed by atoms with E-state index >= 15 is 0 Å². The van der Waals surface area contributed by atoms with Gasteiger partial charge < -0.3 is 20.1 Å². The molecule has 2 fully saturated rings. The maximum Gasteiger partial charge on any atom is 0.490 e. The minimum Gasteiger partial charge on any atom is -0.475 e. The number of rotatable bonds is 8. The maximum atomic E-state index is 13.9. The van der Waals surface area contributed by atoms with Crippen molar-refractivity contribution in [1.29, 1.82) is 0 Å². The van der Waals surface area contributed by atoms with Crippen molar-refractivity contribution in [1.82, 2.24) is 20.4 Å². The van der Waals surface area contributed by atoms with E-state index in [-0.39, 0.29) is 37.5 Å². The van der Waals surface area contributed by atoms with Crippen LogP contribution in [0.4, 0.5) is 18.0 Å². The molecule has 0 aromatic heterocycles. The standard InChI is InChI=1S/C28H34N4O5.C2HF3O2/c1-18(2)29-27(36)31(3)17-21-22-23(25(34)32(24(22)33)16-20-13-9-6-10-14-20)28(30-21,26(35)37-4)15-19-11-7-5-8-12-19;3-2(4,5)1(6)7/h5-14,18,21-23,30H,15-17H2,1-4H3,(H,29,36);(H,6,7)/t21-,22+,23-,28-;/m1./s1. The fourth-order valence-corrected chi connectivity index (χ4v) is 5.52. The molecule has 44 heavy (non-hydrogen) atoms. The number of likely N-dealkylation sites (N-methyl/N-ethyl adjacent to an activating group) is 1. The highest BCUT2D eigenvalue weighted by Crippen LogP contribution is 2.45. The number of likely N-dealkylation sites (tertiary alicyclic amines) is 1. The normalized spacial score (nSPS) is 22.6. The lowest BCUT2D eigenvalue weighted by Gasteiger charge is -2.33. The van der Waals surface area contributed by atoms with E-state index in [4.69, 9.17) is 14.6 Å². The second-order valence-electron chi connectivity index (χ2n) is 10.9. The Balaban J connectivity index is 0.000000676. The fourth-order valence-electron chi connectivity index (χ4n) is 5.52. The van der Waals surface area contributed by atoms with Gasteiger partial charge in [0.2, 0.25) is 11.8 Å². The highest BCUT2D eigenvalue weighted by Gasteiger charge is 2.68. The van der Waals surface area contributed by atoms with Crippen molar-refractivity contribution in [3.63, 3.8) is 0 Å². The van der Waals surface area contributed by atoms with E-state index in [9.17, 15) is 32.3 Å². The molecule has 3 N–H and O–H groups in total. The molecule has 238 valence electrons. The molecular formula is C30H35F3N4O7. The van der Waals surface area contributed by atoms with E-state index in [1.54, 1.807) is 7.05 Å². The molecule has 0 spiro atoms. The van der Waals surface area contributed by atoms with Gasteiger partial charge in [-0.05, 0) is 25.0 Å². The first-order chi connectivity index (χ1) is 20.6. The van der Waals surface area contributed by atoms with Crippen molar-refractivity contribution < 1.29 is 47.0 Å². The lowest BCUT2D eigenvalue weighted by molar-refractivity contribution is -0.192. The number of hydrogen-bond acceptors (Lipinski definition) is 7. The topological polar surface area (TPSA) is 145 Å². The Morgan fingerprint density at radius 3 is 2.02 bits per heavy atom. The number of methoxy groups -OCH3 is 1. The SMILES string of the molecule is COC(=O)[C@]1(Cc2ccccc2)N[C@H](CN(C)C(=O)NC(C)C)[C@@H]2C(=O)N(Cc3ccccc3)C(=O)[C@@H]21.O=C(O)C(F)(F)F. The molecular weight excluding hydrogens is 585 g/mol. The molecule has 2 heterocycles. The number of hydrogen-bond donors (Lipinski definition) is 3. The predicted octanol–water partition coefficient (Wildman–Crippen LogP) is 2.60. The van der Waals surface area contributed by atoms with Crippen LogP contribution in [0.1, 0.15) is 25.0 Å². The summed E-state index contributed by atoms with van der Waals surface area (Å²) in [6, 6.07) is 17.6. The summed E-state index contributed by atoms with van der Waals surface area (Å²) in [5, 5.41) is 13.3. The number of aliphatic carboxylic acids is 1. The number of nitrogens with one attached hydrogen (secondary N) is 2. The fraction of sp³-hybridized carbons (Fsp3) is 0.433. The van der Waals surface area contributed by atoms with Gasteiger partial charge in [-0.1, -0.05) is 60.7 Å². The third kappa shape index (κ3) is 7.54. The van der Waals surface area contributed by atoms with Crippen molar-refractivity contribution in [3.8, 4) is 0 Å². The number of carboxylic acids is 1. The van der Waals surface area contributed by atoms with Gasteiger partial charge in [0.1, 0.15) is 5.54 Å². The minimum absolute atomic E-state index is 0.0671. The molecule has 2 aromatic carbocycles. The van der Waals surface area contributed by atoms with E-state index in [0.29, 0.717) is 0 Å². The van der Waals surface area contributed by atoms with Crippen LogP contribution in [0.25, 0.3) is 0 Å². The summed E-state index contributed by atoms with van der Waals surface area (Å²) in [6.07, 6.45) is -4.92. The molecule has 2 saturated heterocycles. The number of esters is 1. The van der Waals surface area contributed by atoms with E-state index in [1.165, 1.54) is 16.9 Å². The summed E-state index contributed by atoms with van der Waals surface area (Å²) in [5.41, 5.74) is 0.181. The van der Waals surface area contributed by atoms with Gasteiger partial charge >= 0.3 is 24.1 Å². The smallest absolute Gasteiger partial charge is 0.475 e. The van der Waals surface area contributed by atoms with E-state index in [1.807, 2.05) is 74.5 Å². The molecule has 4 atom stereocenters. The van der Waals surface area contributed by atoms with Crippen molar-refractivity contribution in [3.05, 3.63) is 71.8 Å². The maximum absolute atomic E-state index is 13.9. The molecule has 0 unspecified atom stereocenters. The molecule has 0 saturated carbocycles. The van der Waals surface area contributed by atoms with Crippen LogP contribution >= 0.6 is 0 Å². The van der Waals surface area contributed by atoms with E-state index in [0.717, 1.165) is 11.1 Å². The van der Waals surface area contributed by atoms with Crippen LogP contribution in [-0.2, 0) is 36.9 Å². The van der Waals surface area contributed by atoms with Gasteiger partial charge in [-0.3, -0.25) is 24.6 Å². The van der Waals surface area contributed by atoms with Gasteiger partial charge in [-0.25, -0.2) is 9.59 Å². The van der Waals surface area contributed by atoms with Gasteiger partial charge in [-0.15, -0.1) is 0 Å². The summed E-state index contributed by atoms with van der Waals surface area (Å²) in [4.78, 5) is 65.4. The molecule has 4 rings (SSSR count). The number of halogens is 3. The number of alkyl halides is 3. The van der Waals surface area contributed by atoms with Crippen LogP contribution in [0.2, 0.25) is 0 Å². The third-order valence-corrected chi connectivity index (χ3v) is 7.38. The summed E-state index contributed by atoms with van der Waals surface area (Å²) >= 11 is 0. The number of carbonyl (C=O) groups excluding carboxylic acids is 4. The number of amides is 4. The van der Waals surface area contributed by atoms with Gasteiger partial charge in [0.05, 0.1) is 25.5 Å². The molecule has 2 aromatic rings. The average Bonchev–Trinajstić information content (AvgIpc) is 3.41. The highest BCUT2D eigenvalue weighted by molar-refractivity contribution is 6.09. The first kappa shape index (κ1) is 34.0. The largest absolute Gasteiger partial charge is 0.490 e. The number of carbonyl (C=O) groups is 5. The molecule has 2 aliphatic heterocycles. The zero-order chi connectivity index (χ0) is 32.8. The summed E-state index contributed by atoms with van der Waals surface area (Å²) in [6.45, 7) is 3.96. The van der Waals surface area contributed by atoms with Crippen LogP contribution in [0, 0.1) is 11.8 Å². The van der Waals surface area contributed by atoms with Crippen molar-refractivity contribution >= 4 is 29.8 Å². The molecule has 14 heteroatoms. The second kappa shape index (κ2) is 13.9. The molecule has 2 aliphatic rings. The first-order valence-electron chi connectivity index (χ1n) is 13.7. The number of fused-ring (bicyclic) bond motifs is 1. The Morgan fingerprint density at radius 1 is 1.02 bits per heavy atom. The highest BCUT2D eigenvalue weighted by atomic mass is 19.4. The average molecular weight is 621 g/mol. The Hall–Kier alpha value is -4.46. The van der Waals surface area contributed by atoms with Crippen LogP contribution in [0.3, 0.4) is 0 Å². The summed E-state index contributed by atoms with van der Waals surface area (Å²) in [5.74, 6) is -5.92. The van der Waals surface area contributed by atoms with Crippen LogP contribution in [-0.4, -0.2) is 89.2 Å². The van der Waals surface area contributed by atoms with Crippen molar-refractivity contribution in [2.24, 2.45) is 11.8 Å². The van der Waals surface area contributed by atoms with Crippen molar-refractivity contribution in [2.45, 2.75) is 50.6 Å². The number of urea groups is 1. The number of benzene rings is 2. The van der Waals surface area contributed by atoms with Crippen LogP contribution < -0.4 is 10.6 Å². The monoisotopic (exact) mass is 620 g/mol. The Labute approximate surface area is 252 Å². The number of imide groups is 1.